The highest BCUT2D eigenvalue weighted by atomic mass is 14.8. The van der Waals surface area contributed by atoms with Crippen LogP contribution in [0.4, 0.5) is 5.69 Å². The first kappa shape index (κ1) is 13.0. The molecule has 90 valence electrons. The van der Waals surface area contributed by atoms with Crippen molar-refractivity contribution in [3.8, 4) is 0 Å². The van der Waals surface area contributed by atoms with Crippen molar-refractivity contribution in [1.29, 1.82) is 0 Å². The standard InChI is InChI=1S/C14H24N2/c1-5-12(7-6-11(2)3)13-8-9-16-10-14(13)15-4/h8-12,15H,5-7H2,1-4H3. The molecule has 1 heterocycles. The summed E-state index contributed by atoms with van der Waals surface area (Å²) in [5.74, 6) is 1.45. The third-order valence-corrected chi connectivity index (χ3v) is 3.15. The van der Waals surface area contributed by atoms with E-state index in [9.17, 15) is 0 Å². The van der Waals surface area contributed by atoms with E-state index in [-0.39, 0.29) is 0 Å². The molecule has 16 heavy (non-hydrogen) atoms. The van der Waals surface area contributed by atoms with E-state index >= 15 is 0 Å². The summed E-state index contributed by atoms with van der Waals surface area (Å²) >= 11 is 0. The second-order valence-corrected chi connectivity index (χ2v) is 4.79. The Morgan fingerprint density at radius 1 is 1.31 bits per heavy atom. The van der Waals surface area contributed by atoms with Crippen molar-refractivity contribution in [2.75, 3.05) is 12.4 Å². The summed E-state index contributed by atoms with van der Waals surface area (Å²) in [6.45, 7) is 6.85. The lowest BCUT2D eigenvalue weighted by atomic mass is 9.89. The summed E-state index contributed by atoms with van der Waals surface area (Å²) < 4.78 is 0. The van der Waals surface area contributed by atoms with Gasteiger partial charge < -0.3 is 5.32 Å². The minimum absolute atomic E-state index is 0.660. The number of hydrogen-bond donors (Lipinski definition) is 1. The molecular weight excluding hydrogens is 196 g/mol. The molecule has 1 unspecified atom stereocenters. The molecule has 0 bridgehead atoms. The third kappa shape index (κ3) is 3.51. The zero-order valence-electron chi connectivity index (χ0n) is 11.0. The van der Waals surface area contributed by atoms with Crippen LogP contribution in [0.25, 0.3) is 0 Å². The van der Waals surface area contributed by atoms with Crippen molar-refractivity contribution in [2.45, 2.75) is 46.0 Å². The highest BCUT2D eigenvalue weighted by Gasteiger charge is 2.13. The maximum Gasteiger partial charge on any atom is 0.0559 e. The summed E-state index contributed by atoms with van der Waals surface area (Å²) in [7, 11) is 1.97. The normalized spacial score (nSPS) is 12.8. The zero-order chi connectivity index (χ0) is 12.0. The Hall–Kier alpha value is -1.05. The number of anilines is 1. The minimum atomic E-state index is 0.660. The number of aromatic nitrogens is 1. The quantitative estimate of drug-likeness (QED) is 0.782. The van der Waals surface area contributed by atoms with Crippen LogP contribution in [0.2, 0.25) is 0 Å². The van der Waals surface area contributed by atoms with Crippen LogP contribution < -0.4 is 5.32 Å². The van der Waals surface area contributed by atoms with Crippen molar-refractivity contribution in [2.24, 2.45) is 5.92 Å². The van der Waals surface area contributed by atoms with Gasteiger partial charge in [0.15, 0.2) is 0 Å². The van der Waals surface area contributed by atoms with E-state index in [4.69, 9.17) is 0 Å². The Labute approximate surface area is 99.5 Å². The molecule has 1 aromatic heterocycles. The number of hydrogen-bond acceptors (Lipinski definition) is 2. The number of nitrogens with zero attached hydrogens (tertiary/aromatic N) is 1. The molecule has 0 aliphatic rings. The van der Waals surface area contributed by atoms with Crippen molar-refractivity contribution in [1.82, 2.24) is 4.98 Å². The molecule has 1 N–H and O–H groups in total. The maximum atomic E-state index is 4.17. The van der Waals surface area contributed by atoms with Crippen LogP contribution in [0.1, 0.15) is 51.5 Å². The van der Waals surface area contributed by atoms with Gasteiger partial charge in [-0.15, -0.1) is 0 Å². The van der Waals surface area contributed by atoms with E-state index in [2.05, 4.69) is 37.1 Å². The Morgan fingerprint density at radius 3 is 2.62 bits per heavy atom. The second kappa shape index (κ2) is 6.51. The Morgan fingerprint density at radius 2 is 2.06 bits per heavy atom. The van der Waals surface area contributed by atoms with Crippen LogP contribution >= 0.6 is 0 Å². The van der Waals surface area contributed by atoms with E-state index in [1.807, 2.05) is 19.4 Å². The molecule has 0 saturated carbocycles. The van der Waals surface area contributed by atoms with Gasteiger partial charge in [0, 0.05) is 13.2 Å². The summed E-state index contributed by atoms with van der Waals surface area (Å²) in [6.07, 6.45) is 7.59. The molecule has 0 aromatic carbocycles. The largest absolute Gasteiger partial charge is 0.387 e. The van der Waals surface area contributed by atoms with Gasteiger partial charge in [0.05, 0.1) is 11.9 Å². The average Bonchev–Trinajstić information content (AvgIpc) is 2.30. The van der Waals surface area contributed by atoms with Gasteiger partial charge in [-0.1, -0.05) is 27.2 Å². The average molecular weight is 220 g/mol. The fourth-order valence-electron chi connectivity index (χ4n) is 2.08. The van der Waals surface area contributed by atoms with Crippen LogP contribution in [-0.4, -0.2) is 12.0 Å². The number of nitrogens with one attached hydrogen (secondary N) is 1. The van der Waals surface area contributed by atoms with Gasteiger partial charge in [-0.3, -0.25) is 4.98 Å². The second-order valence-electron chi connectivity index (χ2n) is 4.79. The van der Waals surface area contributed by atoms with Gasteiger partial charge in [-0.25, -0.2) is 0 Å². The van der Waals surface area contributed by atoms with Crippen LogP contribution in [0.5, 0.6) is 0 Å². The predicted octanol–water partition coefficient (Wildman–Crippen LogP) is 4.05. The SMILES string of the molecule is CCC(CCC(C)C)c1ccncc1NC. The third-order valence-electron chi connectivity index (χ3n) is 3.15. The topological polar surface area (TPSA) is 24.9 Å². The lowest BCUT2D eigenvalue weighted by Gasteiger charge is -2.19. The van der Waals surface area contributed by atoms with Crippen LogP contribution in [0.3, 0.4) is 0 Å². The predicted molar refractivity (Wildman–Crippen MR) is 70.9 cm³/mol. The van der Waals surface area contributed by atoms with Crippen molar-refractivity contribution < 1.29 is 0 Å². The molecule has 0 aliphatic heterocycles. The number of rotatable bonds is 6. The van der Waals surface area contributed by atoms with Gasteiger partial charge in [-0.2, -0.15) is 0 Å². The molecule has 0 radical (unpaired) electrons. The molecule has 2 heteroatoms. The van der Waals surface area contributed by atoms with E-state index in [1.54, 1.807) is 0 Å². The van der Waals surface area contributed by atoms with Crippen molar-refractivity contribution >= 4 is 5.69 Å². The molecule has 2 nitrogen and oxygen atoms in total. The van der Waals surface area contributed by atoms with E-state index in [0.29, 0.717) is 5.92 Å². The fraction of sp³-hybridized carbons (Fsp3) is 0.643. The Kier molecular flexibility index (Phi) is 5.30. The molecule has 0 aliphatic carbocycles. The molecule has 1 atom stereocenters. The highest BCUT2D eigenvalue weighted by molar-refractivity contribution is 5.50. The molecule has 0 saturated heterocycles. The monoisotopic (exact) mass is 220 g/mol. The Bertz CT molecular complexity index is 307. The summed E-state index contributed by atoms with van der Waals surface area (Å²) in [5.41, 5.74) is 2.60. The summed E-state index contributed by atoms with van der Waals surface area (Å²) in [6, 6.07) is 2.15. The van der Waals surface area contributed by atoms with Gasteiger partial charge >= 0.3 is 0 Å². The summed E-state index contributed by atoms with van der Waals surface area (Å²) in [4.78, 5) is 4.17. The van der Waals surface area contributed by atoms with Gasteiger partial charge in [0.25, 0.3) is 0 Å². The molecule has 1 rings (SSSR count). The van der Waals surface area contributed by atoms with Crippen molar-refractivity contribution in [3.63, 3.8) is 0 Å². The van der Waals surface area contributed by atoms with E-state index < -0.39 is 0 Å². The first-order valence-electron chi connectivity index (χ1n) is 6.30. The molecular formula is C14H24N2. The van der Waals surface area contributed by atoms with Gasteiger partial charge in [-0.05, 0) is 36.3 Å². The van der Waals surface area contributed by atoms with E-state index in [0.717, 1.165) is 5.92 Å². The smallest absolute Gasteiger partial charge is 0.0559 e. The molecule has 0 amide bonds. The van der Waals surface area contributed by atoms with Gasteiger partial charge in [0.2, 0.25) is 0 Å². The van der Waals surface area contributed by atoms with Gasteiger partial charge in [0.1, 0.15) is 0 Å². The minimum Gasteiger partial charge on any atom is -0.387 e. The summed E-state index contributed by atoms with van der Waals surface area (Å²) in [5, 5.41) is 3.24. The maximum absolute atomic E-state index is 4.17. The molecule has 1 aromatic rings. The first-order valence-corrected chi connectivity index (χ1v) is 6.30. The molecule has 0 spiro atoms. The fourth-order valence-corrected chi connectivity index (χ4v) is 2.08. The Balaban J connectivity index is 2.77. The lowest BCUT2D eigenvalue weighted by Crippen LogP contribution is -2.04. The van der Waals surface area contributed by atoms with Crippen LogP contribution in [-0.2, 0) is 0 Å². The molecule has 0 fully saturated rings. The van der Waals surface area contributed by atoms with Crippen molar-refractivity contribution in [3.05, 3.63) is 24.0 Å². The van der Waals surface area contributed by atoms with Crippen LogP contribution in [0.15, 0.2) is 18.5 Å². The van der Waals surface area contributed by atoms with Crippen LogP contribution in [0, 0.1) is 5.92 Å². The zero-order valence-corrected chi connectivity index (χ0v) is 11.0. The first-order chi connectivity index (χ1) is 7.69. The lowest BCUT2D eigenvalue weighted by molar-refractivity contribution is 0.492. The highest BCUT2D eigenvalue weighted by Crippen LogP contribution is 2.30. The van der Waals surface area contributed by atoms with E-state index in [1.165, 1.54) is 30.5 Å². The number of pyridine rings is 1.